The first kappa shape index (κ1) is 13.1. The van der Waals surface area contributed by atoms with Crippen LogP contribution >= 0.6 is 0 Å². The lowest BCUT2D eigenvalue weighted by Crippen LogP contribution is -2.64. The number of aliphatic hydroxyl groups is 1. The van der Waals surface area contributed by atoms with Crippen LogP contribution in [0, 0.1) is 5.41 Å². The van der Waals surface area contributed by atoms with E-state index in [1.165, 1.54) is 11.3 Å². The van der Waals surface area contributed by atoms with Gasteiger partial charge in [0.05, 0.1) is 12.1 Å². The molecular formula is C15H23NO3. The van der Waals surface area contributed by atoms with Gasteiger partial charge in [0.1, 0.15) is 0 Å². The van der Waals surface area contributed by atoms with Gasteiger partial charge in [0, 0.05) is 12.8 Å². The van der Waals surface area contributed by atoms with Crippen molar-refractivity contribution in [3.8, 4) is 0 Å². The average Bonchev–Trinajstić information content (AvgIpc) is 2.32. The molecule has 4 nitrogen and oxygen atoms in total. The van der Waals surface area contributed by atoms with E-state index in [-0.39, 0.29) is 23.8 Å². The van der Waals surface area contributed by atoms with Crippen LogP contribution in [0.3, 0.4) is 0 Å². The van der Waals surface area contributed by atoms with Gasteiger partial charge in [0.25, 0.3) is 0 Å². The van der Waals surface area contributed by atoms with Gasteiger partial charge in [0.2, 0.25) is 11.8 Å². The Hall–Kier alpha value is -0.900. The molecule has 1 heterocycles. The molecule has 106 valence electrons. The quantitative estimate of drug-likeness (QED) is 0.777. The smallest absolute Gasteiger partial charge is 0.230 e. The van der Waals surface area contributed by atoms with Crippen LogP contribution < -0.4 is 0 Å². The van der Waals surface area contributed by atoms with Crippen LogP contribution in [-0.2, 0) is 9.59 Å². The van der Waals surface area contributed by atoms with Crippen molar-refractivity contribution >= 4 is 11.8 Å². The maximum absolute atomic E-state index is 12.5. The van der Waals surface area contributed by atoms with Crippen molar-refractivity contribution in [3.05, 3.63) is 0 Å². The summed E-state index contributed by atoms with van der Waals surface area (Å²) in [7, 11) is 0. The number of likely N-dealkylation sites (tertiary alicyclic amines) is 1. The zero-order valence-electron chi connectivity index (χ0n) is 11.5. The summed E-state index contributed by atoms with van der Waals surface area (Å²) in [5.74, 6) is -0.0706. The second-order valence-corrected chi connectivity index (χ2v) is 6.77. The summed E-state index contributed by atoms with van der Waals surface area (Å²) in [5, 5.41) is 9.58. The number of aliphatic hydroxyl groups excluding tert-OH is 1. The number of piperidine rings is 1. The monoisotopic (exact) mass is 265 g/mol. The first-order chi connectivity index (χ1) is 9.11. The molecule has 0 aromatic heterocycles. The fraction of sp³-hybridized carbons (Fsp3) is 0.867. The van der Waals surface area contributed by atoms with Crippen LogP contribution in [0.1, 0.15) is 64.2 Å². The molecule has 2 aliphatic carbocycles. The van der Waals surface area contributed by atoms with Gasteiger partial charge in [-0.1, -0.05) is 19.3 Å². The van der Waals surface area contributed by atoms with Crippen LogP contribution in [0.5, 0.6) is 0 Å². The number of rotatable bonds is 2. The molecule has 4 heteroatoms. The molecule has 0 aromatic carbocycles. The fourth-order valence-corrected chi connectivity index (χ4v) is 4.22. The van der Waals surface area contributed by atoms with E-state index in [0.717, 1.165) is 44.9 Å². The highest BCUT2D eigenvalue weighted by atomic mass is 16.3. The molecule has 0 bridgehead atoms. The van der Waals surface area contributed by atoms with Crippen LogP contribution in [0.25, 0.3) is 0 Å². The van der Waals surface area contributed by atoms with Gasteiger partial charge in [-0.2, -0.15) is 0 Å². The molecule has 1 saturated heterocycles. The van der Waals surface area contributed by atoms with Gasteiger partial charge in [-0.25, -0.2) is 0 Å². The second kappa shape index (κ2) is 4.58. The summed E-state index contributed by atoms with van der Waals surface area (Å²) in [4.78, 5) is 26.4. The molecule has 0 unspecified atom stereocenters. The first-order valence-electron chi connectivity index (χ1n) is 7.58. The highest BCUT2D eigenvalue weighted by molar-refractivity contribution is 5.99. The second-order valence-electron chi connectivity index (χ2n) is 6.77. The van der Waals surface area contributed by atoms with Crippen molar-refractivity contribution in [2.45, 2.75) is 69.7 Å². The summed E-state index contributed by atoms with van der Waals surface area (Å²) in [6.07, 6.45) is 9.13. The molecule has 0 radical (unpaired) electrons. The highest BCUT2D eigenvalue weighted by Crippen LogP contribution is 2.48. The van der Waals surface area contributed by atoms with E-state index >= 15 is 0 Å². The molecule has 1 spiro atoms. The molecule has 2 saturated carbocycles. The molecule has 3 rings (SSSR count). The summed E-state index contributed by atoms with van der Waals surface area (Å²) in [5.41, 5.74) is -0.603. The third-order valence-corrected chi connectivity index (χ3v) is 5.52. The normalized spacial score (nSPS) is 29.4. The Balaban J connectivity index is 1.80. The maximum atomic E-state index is 12.5. The molecule has 3 fully saturated rings. The number of carbonyl (C=O) groups is 2. The molecule has 19 heavy (non-hydrogen) atoms. The van der Waals surface area contributed by atoms with E-state index in [1.54, 1.807) is 0 Å². The third-order valence-electron chi connectivity index (χ3n) is 5.52. The van der Waals surface area contributed by atoms with Gasteiger partial charge >= 0.3 is 0 Å². The topological polar surface area (TPSA) is 57.6 Å². The number of amides is 2. The van der Waals surface area contributed by atoms with Gasteiger partial charge in [-0.3, -0.25) is 14.5 Å². The van der Waals surface area contributed by atoms with Crippen LogP contribution in [-0.4, -0.2) is 34.0 Å². The Morgan fingerprint density at radius 2 is 1.47 bits per heavy atom. The average molecular weight is 265 g/mol. The summed E-state index contributed by atoms with van der Waals surface area (Å²) < 4.78 is 0. The van der Waals surface area contributed by atoms with Crippen molar-refractivity contribution in [1.82, 2.24) is 4.90 Å². The predicted octanol–water partition coefficient (Wildman–Crippen LogP) is 2.00. The molecule has 1 N–H and O–H groups in total. The standard InChI is InChI=1S/C15H23NO3/c17-11-15(7-4-8-15)16-12(18)9-14(10-13(16)19)5-2-1-3-6-14/h17H,1-11H2. The minimum atomic E-state index is -0.551. The maximum Gasteiger partial charge on any atom is 0.230 e. The van der Waals surface area contributed by atoms with E-state index in [0.29, 0.717) is 12.8 Å². The Labute approximate surface area is 114 Å². The zero-order valence-corrected chi connectivity index (χ0v) is 11.5. The Kier molecular flexibility index (Phi) is 3.16. The van der Waals surface area contributed by atoms with Crippen molar-refractivity contribution < 1.29 is 14.7 Å². The largest absolute Gasteiger partial charge is 0.394 e. The lowest BCUT2D eigenvalue weighted by molar-refractivity contribution is -0.170. The van der Waals surface area contributed by atoms with Gasteiger partial charge in [-0.05, 0) is 37.5 Å². The van der Waals surface area contributed by atoms with Crippen molar-refractivity contribution in [2.75, 3.05) is 6.61 Å². The predicted molar refractivity (Wildman–Crippen MR) is 70.3 cm³/mol. The minimum absolute atomic E-state index is 0.0353. The van der Waals surface area contributed by atoms with Crippen molar-refractivity contribution in [2.24, 2.45) is 5.41 Å². The number of hydrogen-bond donors (Lipinski definition) is 1. The van der Waals surface area contributed by atoms with E-state index in [9.17, 15) is 14.7 Å². The third kappa shape index (κ3) is 2.00. The number of hydrogen-bond acceptors (Lipinski definition) is 3. The summed E-state index contributed by atoms with van der Waals surface area (Å²) in [6, 6.07) is 0. The Morgan fingerprint density at radius 1 is 0.895 bits per heavy atom. The zero-order chi connectivity index (χ0) is 13.5. The van der Waals surface area contributed by atoms with E-state index in [4.69, 9.17) is 0 Å². The SMILES string of the molecule is O=C1CC2(CCCCC2)CC(=O)N1C1(CO)CCC1. The van der Waals surface area contributed by atoms with E-state index in [1.807, 2.05) is 0 Å². The summed E-state index contributed by atoms with van der Waals surface area (Å²) in [6.45, 7) is -0.0719. The Bertz CT molecular complexity index is 369. The number of nitrogens with zero attached hydrogens (tertiary/aromatic N) is 1. The van der Waals surface area contributed by atoms with Crippen LogP contribution in [0.15, 0.2) is 0 Å². The lowest BCUT2D eigenvalue weighted by atomic mass is 9.65. The lowest BCUT2D eigenvalue weighted by Gasteiger charge is -2.52. The molecular weight excluding hydrogens is 242 g/mol. The summed E-state index contributed by atoms with van der Waals surface area (Å²) >= 11 is 0. The van der Waals surface area contributed by atoms with Crippen LogP contribution in [0.4, 0.5) is 0 Å². The molecule has 1 aliphatic heterocycles. The fourth-order valence-electron chi connectivity index (χ4n) is 4.22. The highest BCUT2D eigenvalue weighted by Gasteiger charge is 2.53. The molecule has 0 aromatic rings. The molecule has 0 atom stereocenters. The van der Waals surface area contributed by atoms with Crippen molar-refractivity contribution in [1.29, 1.82) is 0 Å². The van der Waals surface area contributed by atoms with Crippen molar-refractivity contribution in [3.63, 3.8) is 0 Å². The molecule has 3 aliphatic rings. The van der Waals surface area contributed by atoms with Crippen LogP contribution in [0.2, 0.25) is 0 Å². The minimum Gasteiger partial charge on any atom is -0.394 e. The number of imide groups is 1. The van der Waals surface area contributed by atoms with E-state index < -0.39 is 5.54 Å². The van der Waals surface area contributed by atoms with Gasteiger partial charge in [0.15, 0.2) is 0 Å². The number of carbonyl (C=O) groups excluding carboxylic acids is 2. The van der Waals surface area contributed by atoms with Gasteiger partial charge in [-0.15, -0.1) is 0 Å². The van der Waals surface area contributed by atoms with E-state index in [2.05, 4.69) is 0 Å². The first-order valence-corrected chi connectivity index (χ1v) is 7.58. The van der Waals surface area contributed by atoms with Gasteiger partial charge < -0.3 is 5.11 Å². The Morgan fingerprint density at radius 3 is 1.89 bits per heavy atom. The molecule has 2 amide bonds.